The molecule has 21 heavy (non-hydrogen) atoms. The lowest BCUT2D eigenvalue weighted by Crippen LogP contribution is -2.13. The molecular weight excluding hydrogens is 272 g/mol. The van der Waals surface area contributed by atoms with E-state index >= 15 is 0 Å². The van der Waals surface area contributed by atoms with Gasteiger partial charge in [-0.2, -0.15) is 0 Å². The molecule has 4 heteroatoms. The fraction of sp³-hybridized carbons (Fsp3) is 0.294. The normalized spacial score (nSPS) is 10.7. The Bertz CT molecular complexity index is 614. The Morgan fingerprint density at radius 2 is 1.86 bits per heavy atom. The molecule has 0 radical (unpaired) electrons. The van der Waals surface area contributed by atoms with E-state index in [1.165, 1.54) is 6.07 Å². The van der Waals surface area contributed by atoms with Crippen molar-refractivity contribution in [3.05, 3.63) is 64.7 Å². The third-order valence-electron chi connectivity index (χ3n) is 3.16. The molecule has 0 fully saturated rings. The Kier molecular flexibility index (Phi) is 5.28. The minimum absolute atomic E-state index is 0.208. The number of aryl methyl sites for hydroxylation is 1. The maximum absolute atomic E-state index is 13.2. The van der Waals surface area contributed by atoms with Crippen LogP contribution >= 0.6 is 0 Å². The molecule has 2 rings (SSSR count). The van der Waals surface area contributed by atoms with Gasteiger partial charge in [-0.25, -0.2) is 8.78 Å². The number of rotatable bonds is 6. The van der Waals surface area contributed by atoms with Crippen molar-refractivity contribution in [2.45, 2.75) is 27.0 Å². The molecule has 0 unspecified atom stereocenters. The van der Waals surface area contributed by atoms with Gasteiger partial charge in [0.05, 0.1) is 0 Å². The molecule has 0 aliphatic heterocycles. The molecule has 0 saturated carbocycles. The summed E-state index contributed by atoms with van der Waals surface area (Å²) in [6.45, 7) is 5.85. The minimum atomic E-state index is -0.854. The molecule has 2 aromatic rings. The van der Waals surface area contributed by atoms with Crippen LogP contribution in [0.4, 0.5) is 8.78 Å². The maximum atomic E-state index is 13.2. The lowest BCUT2D eigenvalue weighted by atomic mass is 10.1. The number of benzene rings is 2. The van der Waals surface area contributed by atoms with Gasteiger partial charge in [-0.3, -0.25) is 0 Å². The molecule has 2 aromatic carbocycles. The highest BCUT2D eigenvalue weighted by Gasteiger charge is 2.06. The van der Waals surface area contributed by atoms with Crippen molar-refractivity contribution in [3.8, 4) is 5.75 Å². The molecule has 0 atom stereocenters. The molecule has 0 amide bonds. The van der Waals surface area contributed by atoms with Crippen LogP contribution in [0.2, 0.25) is 0 Å². The second-order valence-corrected chi connectivity index (χ2v) is 4.93. The van der Waals surface area contributed by atoms with Crippen LogP contribution in [0.3, 0.4) is 0 Å². The predicted octanol–water partition coefficient (Wildman–Crippen LogP) is 3.96. The molecule has 0 spiro atoms. The summed E-state index contributed by atoms with van der Waals surface area (Å²) >= 11 is 0. The van der Waals surface area contributed by atoms with Crippen LogP contribution in [0.15, 0.2) is 36.4 Å². The first-order chi connectivity index (χ1) is 10.1. The quantitative estimate of drug-likeness (QED) is 0.869. The average Bonchev–Trinajstić information content (AvgIpc) is 2.47. The van der Waals surface area contributed by atoms with E-state index in [0.717, 1.165) is 35.6 Å². The standard InChI is InChI=1S/C17H19F2NO/c1-3-20-10-14-8-12(2)4-7-17(14)21-11-13-5-6-15(18)16(19)9-13/h4-9,20H,3,10-11H2,1-2H3. The summed E-state index contributed by atoms with van der Waals surface area (Å²) in [5.41, 5.74) is 2.81. The molecule has 0 bridgehead atoms. The zero-order valence-electron chi connectivity index (χ0n) is 12.2. The van der Waals surface area contributed by atoms with E-state index < -0.39 is 11.6 Å². The van der Waals surface area contributed by atoms with Gasteiger partial charge in [0.25, 0.3) is 0 Å². The maximum Gasteiger partial charge on any atom is 0.159 e. The number of hydrogen-bond donors (Lipinski definition) is 1. The van der Waals surface area contributed by atoms with Crippen molar-refractivity contribution >= 4 is 0 Å². The summed E-state index contributed by atoms with van der Waals surface area (Å²) in [4.78, 5) is 0. The Morgan fingerprint density at radius 1 is 1.05 bits per heavy atom. The first-order valence-corrected chi connectivity index (χ1v) is 6.97. The van der Waals surface area contributed by atoms with Crippen molar-refractivity contribution in [3.63, 3.8) is 0 Å². The summed E-state index contributed by atoms with van der Waals surface area (Å²) in [7, 11) is 0. The lowest BCUT2D eigenvalue weighted by Gasteiger charge is -2.13. The summed E-state index contributed by atoms with van der Waals surface area (Å²) in [6, 6.07) is 9.73. The van der Waals surface area contributed by atoms with Crippen LogP contribution in [0.5, 0.6) is 5.75 Å². The summed E-state index contributed by atoms with van der Waals surface area (Å²) in [5, 5.41) is 3.26. The van der Waals surface area contributed by atoms with E-state index in [-0.39, 0.29) is 6.61 Å². The van der Waals surface area contributed by atoms with Crippen LogP contribution < -0.4 is 10.1 Å². The van der Waals surface area contributed by atoms with E-state index in [2.05, 4.69) is 11.4 Å². The van der Waals surface area contributed by atoms with Crippen LogP contribution in [0.1, 0.15) is 23.6 Å². The largest absolute Gasteiger partial charge is 0.489 e. The van der Waals surface area contributed by atoms with Gasteiger partial charge in [-0.05, 0) is 37.2 Å². The van der Waals surface area contributed by atoms with E-state index in [9.17, 15) is 8.78 Å². The highest BCUT2D eigenvalue weighted by Crippen LogP contribution is 2.21. The van der Waals surface area contributed by atoms with Crippen LogP contribution in [0, 0.1) is 18.6 Å². The fourth-order valence-electron chi connectivity index (χ4n) is 2.04. The molecule has 0 aliphatic rings. The fourth-order valence-corrected chi connectivity index (χ4v) is 2.04. The number of ether oxygens (including phenoxy) is 1. The molecule has 2 nitrogen and oxygen atoms in total. The smallest absolute Gasteiger partial charge is 0.159 e. The minimum Gasteiger partial charge on any atom is -0.489 e. The van der Waals surface area contributed by atoms with Gasteiger partial charge >= 0.3 is 0 Å². The number of hydrogen-bond acceptors (Lipinski definition) is 2. The van der Waals surface area contributed by atoms with Crippen molar-refractivity contribution in [2.24, 2.45) is 0 Å². The third-order valence-corrected chi connectivity index (χ3v) is 3.16. The van der Waals surface area contributed by atoms with E-state index in [4.69, 9.17) is 4.74 Å². The first kappa shape index (κ1) is 15.4. The second-order valence-electron chi connectivity index (χ2n) is 4.93. The Balaban J connectivity index is 2.09. The summed E-state index contributed by atoms with van der Waals surface area (Å²) in [6.07, 6.45) is 0. The van der Waals surface area contributed by atoms with Gasteiger partial charge in [-0.15, -0.1) is 0 Å². The van der Waals surface area contributed by atoms with Gasteiger partial charge < -0.3 is 10.1 Å². The molecular formula is C17H19F2NO. The SMILES string of the molecule is CCNCc1cc(C)ccc1OCc1ccc(F)c(F)c1. The number of halogens is 2. The topological polar surface area (TPSA) is 21.3 Å². The van der Waals surface area contributed by atoms with Crippen molar-refractivity contribution < 1.29 is 13.5 Å². The Hall–Kier alpha value is -1.94. The zero-order valence-corrected chi connectivity index (χ0v) is 12.2. The van der Waals surface area contributed by atoms with E-state index in [1.54, 1.807) is 0 Å². The van der Waals surface area contributed by atoms with Gasteiger partial charge in [0, 0.05) is 12.1 Å². The van der Waals surface area contributed by atoms with Crippen LogP contribution in [-0.2, 0) is 13.2 Å². The molecule has 0 heterocycles. The molecule has 0 saturated heterocycles. The Morgan fingerprint density at radius 3 is 2.57 bits per heavy atom. The number of nitrogens with one attached hydrogen (secondary N) is 1. The predicted molar refractivity (Wildman–Crippen MR) is 79.2 cm³/mol. The van der Waals surface area contributed by atoms with Crippen molar-refractivity contribution in [1.82, 2.24) is 5.32 Å². The summed E-state index contributed by atoms with van der Waals surface area (Å²) < 4.78 is 31.8. The van der Waals surface area contributed by atoms with Crippen molar-refractivity contribution in [2.75, 3.05) is 6.54 Å². The van der Waals surface area contributed by atoms with Crippen LogP contribution in [0.25, 0.3) is 0 Å². The van der Waals surface area contributed by atoms with Crippen molar-refractivity contribution in [1.29, 1.82) is 0 Å². The molecule has 0 aliphatic carbocycles. The second kappa shape index (κ2) is 7.18. The molecule has 0 aromatic heterocycles. The van der Waals surface area contributed by atoms with Gasteiger partial charge in [0.15, 0.2) is 11.6 Å². The zero-order chi connectivity index (χ0) is 15.2. The Labute approximate surface area is 123 Å². The summed E-state index contributed by atoms with van der Waals surface area (Å²) in [5.74, 6) is -0.943. The van der Waals surface area contributed by atoms with Gasteiger partial charge in [0.1, 0.15) is 12.4 Å². The van der Waals surface area contributed by atoms with Gasteiger partial charge in [-0.1, -0.05) is 30.7 Å². The monoisotopic (exact) mass is 291 g/mol. The van der Waals surface area contributed by atoms with E-state index in [0.29, 0.717) is 12.1 Å². The molecule has 112 valence electrons. The lowest BCUT2D eigenvalue weighted by molar-refractivity contribution is 0.301. The third kappa shape index (κ3) is 4.26. The van der Waals surface area contributed by atoms with E-state index in [1.807, 2.05) is 26.0 Å². The highest BCUT2D eigenvalue weighted by atomic mass is 19.2. The highest BCUT2D eigenvalue weighted by molar-refractivity contribution is 5.37. The first-order valence-electron chi connectivity index (χ1n) is 6.97. The molecule has 1 N–H and O–H groups in total. The van der Waals surface area contributed by atoms with Crippen LogP contribution in [-0.4, -0.2) is 6.54 Å². The average molecular weight is 291 g/mol. The van der Waals surface area contributed by atoms with Gasteiger partial charge in [0.2, 0.25) is 0 Å².